The number of rotatable bonds is 6. The summed E-state index contributed by atoms with van der Waals surface area (Å²) in [5.41, 5.74) is -0.258. The number of alkyl halides is 1. The van der Waals surface area contributed by atoms with Crippen molar-refractivity contribution in [2.24, 2.45) is 0 Å². The van der Waals surface area contributed by atoms with Crippen LogP contribution in [-0.2, 0) is 0 Å². The molecule has 144 valence electrons. The maximum atomic E-state index is 14.3. The third-order valence-corrected chi connectivity index (χ3v) is 3.88. The van der Waals surface area contributed by atoms with Crippen LogP contribution < -0.4 is 15.6 Å². The molecule has 2 N–H and O–H groups in total. The van der Waals surface area contributed by atoms with E-state index in [-0.39, 0.29) is 22.6 Å². The van der Waals surface area contributed by atoms with Crippen LogP contribution in [0.1, 0.15) is 27.7 Å². The minimum absolute atomic E-state index is 0.110. The molecule has 0 spiro atoms. The monoisotopic (exact) mass is 389 g/mol. The zero-order valence-corrected chi connectivity index (χ0v) is 14.3. The molecule has 0 saturated heterocycles. The summed E-state index contributed by atoms with van der Waals surface area (Å²) in [6.45, 7) is -1.21. The summed E-state index contributed by atoms with van der Waals surface area (Å²) >= 11 is 0. The maximum Gasteiger partial charge on any atom is 0.253 e. The lowest BCUT2D eigenvalue weighted by atomic mass is 10.0. The minimum Gasteiger partial charge on any atom is -0.460 e. The van der Waals surface area contributed by atoms with Gasteiger partial charge in [-0.25, -0.2) is 13.2 Å². The second-order valence-corrected chi connectivity index (χ2v) is 5.66. The molecule has 3 aromatic rings. The highest BCUT2D eigenvalue weighted by Crippen LogP contribution is 2.27. The first kappa shape index (κ1) is 19.2. The van der Waals surface area contributed by atoms with Crippen molar-refractivity contribution in [3.05, 3.63) is 93.7 Å². The molecule has 1 atom stereocenters. The Labute approximate surface area is 157 Å². The highest BCUT2D eigenvalue weighted by molar-refractivity contribution is 5.94. The summed E-state index contributed by atoms with van der Waals surface area (Å²) in [5, 5.41) is 2.56. The molecular formula is C19H14F3N3O3. The van der Waals surface area contributed by atoms with E-state index in [1.807, 2.05) is 0 Å². The Morgan fingerprint density at radius 2 is 2.00 bits per heavy atom. The fraction of sp³-hybridized carbons (Fsp3) is 0.105. The molecule has 0 aliphatic carbocycles. The summed E-state index contributed by atoms with van der Waals surface area (Å²) < 4.78 is 45.3. The van der Waals surface area contributed by atoms with Gasteiger partial charge in [0.05, 0.1) is 11.6 Å². The lowest BCUT2D eigenvalue weighted by molar-refractivity contribution is 0.0941. The van der Waals surface area contributed by atoms with Crippen molar-refractivity contribution in [1.82, 2.24) is 15.3 Å². The summed E-state index contributed by atoms with van der Waals surface area (Å²) in [5.74, 6) is -2.55. The number of amides is 1. The first-order valence-electron chi connectivity index (χ1n) is 8.08. The Kier molecular flexibility index (Phi) is 5.73. The largest absolute Gasteiger partial charge is 0.460 e. The highest BCUT2D eigenvalue weighted by atomic mass is 19.1. The van der Waals surface area contributed by atoms with Crippen LogP contribution in [0.15, 0.2) is 59.7 Å². The van der Waals surface area contributed by atoms with E-state index in [2.05, 4.69) is 20.0 Å². The number of carbonyl (C=O) groups excluding carboxylic acids is 1. The fourth-order valence-corrected chi connectivity index (χ4v) is 2.56. The van der Waals surface area contributed by atoms with Crippen molar-refractivity contribution in [3.8, 4) is 5.75 Å². The Balaban J connectivity index is 1.99. The number of ether oxygens (including phenoxy) is 1. The van der Waals surface area contributed by atoms with E-state index in [9.17, 15) is 22.8 Å². The van der Waals surface area contributed by atoms with Gasteiger partial charge < -0.3 is 15.0 Å². The standard InChI is InChI=1S/C19H14F3N3O3/c20-10-28-15-5-3-11(8-14(15)22)17(18-13(21)2-1-7-23-18)25-19(27)12-4-6-16(26)24-9-12/h1-9,17H,10H2,(H,24,26)(H,25,27)/t17-/m1/s1. The van der Waals surface area contributed by atoms with E-state index in [4.69, 9.17) is 0 Å². The number of hydrogen-bond acceptors (Lipinski definition) is 4. The number of H-pyrrole nitrogens is 1. The van der Waals surface area contributed by atoms with Crippen molar-refractivity contribution in [1.29, 1.82) is 0 Å². The van der Waals surface area contributed by atoms with E-state index < -0.39 is 36.0 Å². The van der Waals surface area contributed by atoms with Crippen LogP contribution in [0, 0.1) is 11.6 Å². The Morgan fingerprint density at radius 3 is 2.64 bits per heavy atom. The van der Waals surface area contributed by atoms with Crippen LogP contribution in [-0.4, -0.2) is 22.7 Å². The average molecular weight is 389 g/mol. The van der Waals surface area contributed by atoms with Crippen molar-refractivity contribution in [2.45, 2.75) is 6.04 Å². The van der Waals surface area contributed by atoms with Gasteiger partial charge in [0.1, 0.15) is 11.5 Å². The zero-order valence-electron chi connectivity index (χ0n) is 14.3. The molecule has 1 aromatic carbocycles. The molecule has 0 unspecified atom stereocenters. The molecule has 6 nitrogen and oxygen atoms in total. The summed E-state index contributed by atoms with van der Waals surface area (Å²) in [6.07, 6.45) is 2.52. The van der Waals surface area contributed by atoms with Crippen molar-refractivity contribution >= 4 is 5.91 Å². The molecule has 2 heterocycles. The molecule has 9 heteroatoms. The molecule has 3 rings (SSSR count). The van der Waals surface area contributed by atoms with Gasteiger partial charge in [0.25, 0.3) is 5.91 Å². The lowest BCUT2D eigenvalue weighted by Gasteiger charge is -2.20. The third kappa shape index (κ3) is 4.20. The molecule has 0 radical (unpaired) electrons. The number of aromatic amines is 1. The van der Waals surface area contributed by atoms with Gasteiger partial charge in [-0.05, 0) is 35.9 Å². The molecular weight excluding hydrogens is 375 g/mol. The Hall–Kier alpha value is -3.62. The molecule has 0 fully saturated rings. The van der Waals surface area contributed by atoms with Gasteiger partial charge >= 0.3 is 0 Å². The molecule has 2 aromatic heterocycles. The number of benzene rings is 1. The van der Waals surface area contributed by atoms with Gasteiger partial charge in [-0.1, -0.05) is 6.07 Å². The number of carbonyl (C=O) groups is 1. The van der Waals surface area contributed by atoms with Gasteiger partial charge in [0, 0.05) is 18.5 Å². The second kappa shape index (κ2) is 8.38. The van der Waals surface area contributed by atoms with Crippen LogP contribution in [0.2, 0.25) is 0 Å². The van der Waals surface area contributed by atoms with E-state index in [1.165, 1.54) is 36.7 Å². The van der Waals surface area contributed by atoms with Gasteiger partial charge in [-0.2, -0.15) is 0 Å². The normalized spacial score (nSPS) is 11.7. The zero-order chi connectivity index (χ0) is 20.1. The Bertz CT molecular complexity index is 1040. The quantitative estimate of drug-likeness (QED) is 0.679. The SMILES string of the molecule is O=C(N[C@H](c1ccc(OCF)c(F)c1)c1ncccc1F)c1ccc(=O)[nH]c1. The molecule has 0 bridgehead atoms. The van der Waals surface area contributed by atoms with Crippen molar-refractivity contribution < 1.29 is 22.7 Å². The second-order valence-electron chi connectivity index (χ2n) is 5.66. The van der Waals surface area contributed by atoms with Crippen LogP contribution in [0.5, 0.6) is 5.75 Å². The topological polar surface area (TPSA) is 84.1 Å². The van der Waals surface area contributed by atoms with Crippen molar-refractivity contribution in [3.63, 3.8) is 0 Å². The van der Waals surface area contributed by atoms with E-state index in [1.54, 1.807) is 0 Å². The number of halogens is 3. The third-order valence-electron chi connectivity index (χ3n) is 3.88. The van der Waals surface area contributed by atoms with Gasteiger partial charge in [0.15, 0.2) is 11.6 Å². The van der Waals surface area contributed by atoms with Crippen LogP contribution in [0.25, 0.3) is 0 Å². The van der Waals surface area contributed by atoms with Gasteiger partial charge in [-0.15, -0.1) is 0 Å². The Morgan fingerprint density at radius 1 is 1.18 bits per heavy atom. The van der Waals surface area contributed by atoms with Gasteiger partial charge in [-0.3, -0.25) is 14.6 Å². The average Bonchev–Trinajstić information content (AvgIpc) is 2.69. The number of hydrogen-bond donors (Lipinski definition) is 2. The molecule has 0 saturated carbocycles. The summed E-state index contributed by atoms with van der Waals surface area (Å²) in [4.78, 5) is 30.0. The van der Waals surface area contributed by atoms with E-state index >= 15 is 0 Å². The van der Waals surface area contributed by atoms with E-state index in [0.717, 1.165) is 18.2 Å². The predicted octanol–water partition coefficient (Wildman–Crippen LogP) is 2.87. The number of pyridine rings is 2. The minimum atomic E-state index is -1.21. The summed E-state index contributed by atoms with van der Waals surface area (Å²) in [7, 11) is 0. The first-order valence-corrected chi connectivity index (χ1v) is 8.08. The first-order chi connectivity index (χ1) is 13.5. The van der Waals surface area contributed by atoms with E-state index in [0.29, 0.717) is 0 Å². The molecule has 28 heavy (non-hydrogen) atoms. The maximum absolute atomic E-state index is 14.3. The molecule has 0 aliphatic rings. The van der Waals surface area contributed by atoms with Gasteiger partial charge in [0.2, 0.25) is 12.4 Å². The number of aromatic nitrogens is 2. The number of nitrogens with zero attached hydrogens (tertiary/aromatic N) is 1. The predicted molar refractivity (Wildman–Crippen MR) is 93.6 cm³/mol. The number of nitrogens with one attached hydrogen (secondary N) is 2. The highest BCUT2D eigenvalue weighted by Gasteiger charge is 2.23. The van der Waals surface area contributed by atoms with Crippen LogP contribution in [0.4, 0.5) is 13.2 Å². The molecule has 1 amide bonds. The smallest absolute Gasteiger partial charge is 0.253 e. The lowest BCUT2D eigenvalue weighted by Crippen LogP contribution is -2.31. The van der Waals surface area contributed by atoms with Crippen molar-refractivity contribution in [2.75, 3.05) is 6.86 Å². The fourth-order valence-electron chi connectivity index (χ4n) is 2.56. The van der Waals surface area contributed by atoms with Crippen LogP contribution in [0.3, 0.4) is 0 Å². The summed E-state index contributed by atoms with van der Waals surface area (Å²) in [6, 6.07) is 7.36. The molecule has 0 aliphatic heterocycles. The van der Waals surface area contributed by atoms with Crippen LogP contribution >= 0.6 is 0 Å².